The van der Waals surface area contributed by atoms with Gasteiger partial charge in [0.15, 0.2) is 0 Å². The van der Waals surface area contributed by atoms with Crippen molar-refractivity contribution in [1.82, 2.24) is 0 Å². The molecule has 0 aliphatic carbocycles. The van der Waals surface area contributed by atoms with Crippen molar-refractivity contribution in [2.75, 3.05) is 0 Å². The van der Waals surface area contributed by atoms with Crippen LogP contribution < -0.4 is 0 Å². The van der Waals surface area contributed by atoms with Crippen LogP contribution in [0.25, 0.3) is 66.1 Å². The number of rotatable bonds is 2. The van der Waals surface area contributed by atoms with Gasteiger partial charge in [-0.05, 0) is 53.1 Å². The van der Waals surface area contributed by atoms with Crippen LogP contribution in [0.5, 0.6) is 0 Å². The number of para-hydroxylation sites is 2. The first-order valence-corrected chi connectivity index (χ1v) is 11.3. The molecule has 0 N–H and O–H groups in total. The molecule has 0 aliphatic heterocycles. The first-order valence-electron chi connectivity index (χ1n) is 10.9. The number of hydrogen-bond donors (Lipinski definition) is 0. The summed E-state index contributed by atoms with van der Waals surface area (Å²) in [7, 11) is 0. The van der Waals surface area contributed by atoms with Crippen molar-refractivity contribution >= 4 is 55.5 Å². The predicted molar refractivity (Wildman–Crippen MR) is 137 cm³/mol. The van der Waals surface area contributed by atoms with Gasteiger partial charge >= 0.3 is 0 Å². The Morgan fingerprint density at radius 1 is 0.485 bits per heavy atom. The van der Waals surface area contributed by atoms with Gasteiger partial charge in [-0.15, -0.1) is 0 Å². The molecule has 0 unspecified atom stereocenters. The molecule has 0 spiro atoms. The van der Waals surface area contributed by atoms with Crippen LogP contribution >= 0.6 is 11.6 Å². The molecule has 0 radical (unpaired) electrons. The highest BCUT2D eigenvalue weighted by Crippen LogP contribution is 2.42. The van der Waals surface area contributed by atoms with E-state index in [1.807, 2.05) is 54.6 Å². The maximum Gasteiger partial charge on any atom is 0.144 e. The monoisotopic (exact) mass is 444 g/mol. The van der Waals surface area contributed by atoms with Crippen LogP contribution in [0, 0.1) is 0 Å². The van der Waals surface area contributed by atoms with Gasteiger partial charge in [-0.3, -0.25) is 0 Å². The third kappa shape index (κ3) is 2.75. The summed E-state index contributed by atoms with van der Waals surface area (Å²) in [6.07, 6.45) is 0. The normalized spacial score (nSPS) is 11.8. The molecule has 0 bridgehead atoms. The van der Waals surface area contributed by atoms with Crippen LogP contribution in [0.15, 0.2) is 112 Å². The highest BCUT2D eigenvalue weighted by atomic mass is 35.5. The Bertz CT molecular complexity index is 1840. The molecule has 0 amide bonds. The van der Waals surface area contributed by atoms with E-state index in [1.54, 1.807) is 0 Å². The van der Waals surface area contributed by atoms with Gasteiger partial charge < -0.3 is 8.83 Å². The third-order valence-electron chi connectivity index (χ3n) is 6.36. The minimum atomic E-state index is 0.699. The molecular formula is C30H17ClO2. The summed E-state index contributed by atoms with van der Waals surface area (Å²) in [6, 6.07) is 35.0. The first kappa shape index (κ1) is 18.6. The van der Waals surface area contributed by atoms with Gasteiger partial charge in [0.1, 0.15) is 22.3 Å². The summed E-state index contributed by atoms with van der Waals surface area (Å²) in [4.78, 5) is 0. The third-order valence-corrected chi connectivity index (χ3v) is 6.68. The Hall–Kier alpha value is -4.01. The lowest BCUT2D eigenvalue weighted by Gasteiger charge is -2.09. The molecule has 0 saturated carbocycles. The van der Waals surface area contributed by atoms with Gasteiger partial charge in [-0.1, -0.05) is 78.3 Å². The van der Waals surface area contributed by atoms with E-state index in [-0.39, 0.29) is 0 Å². The Kier molecular flexibility index (Phi) is 3.93. The lowest BCUT2D eigenvalue weighted by molar-refractivity contribution is 0.669. The highest BCUT2D eigenvalue weighted by Gasteiger charge is 2.17. The minimum Gasteiger partial charge on any atom is -0.456 e. The molecule has 7 aromatic rings. The maximum atomic E-state index is 6.60. The van der Waals surface area contributed by atoms with Crippen molar-refractivity contribution in [3.63, 3.8) is 0 Å². The predicted octanol–water partition coefficient (Wildman–Crippen LogP) is 9.47. The van der Waals surface area contributed by atoms with Gasteiger partial charge in [0.2, 0.25) is 0 Å². The van der Waals surface area contributed by atoms with Gasteiger partial charge in [0.05, 0.1) is 5.02 Å². The molecule has 2 aromatic heterocycles. The Labute approximate surface area is 194 Å². The number of furan rings is 2. The summed E-state index contributed by atoms with van der Waals surface area (Å²) >= 11 is 6.60. The van der Waals surface area contributed by atoms with Crippen molar-refractivity contribution < 1.29 is 8.83 Å². The summed E-state index contributed by atoms with van der Waals surface area (Å²) in [5, 5.41) is 4.95. The molecule has 33 heavy (non-hydrogen) atoms. The van der Waals surface area contributed by atoms with Crippen LogP contribution in [0.4, 0.5) is 0 Å². The minimum absolute atomic E-state index is 0.699. The first-order chi connectivity index (χ1) is 16.3. The summed E-state index contributed by atoms with van der Waals surface area (Å²) < 4.78 is 12.4. The van der Waals surface area contributed by atoms with E-state index in [9.17, 15) is 0 Å². The molecule has 2 heterocycles. The SMILES string of the molecule is Clc1ccc(-c2cccc(-c3cccc4oc5ccccc5c34)c2)c2oc3ccccc3c12. The van der Waals surface area contributed by atoms with Crippen molar-refractivity contribution in [1.29, 1.82) is 0 Å². The van der Waals surface area contributed by atoms with E-state index in [2.05, 4.69) is 48.5 Å². The smallest absolute Gasteiger partial charge is 0.144 e. The van der Waals surface area contributed by atoms with E-state index in [0.717, 1.165) is 66.1 Å². The van der Waals surface area contributed by atoms with Crippen LogP contribution in [0.3, 0.4) is 0 Å². The summed E-state index contributed by atoms with van der Waals surface area (Å²) in [6.45, 7) is 0. The van der Waals surface area contributed by atoms with Crippen molar-refractivity contribution in [2.24, 2.45) is 0 Å². The van der Waals surface area contributed by atoms with E-state index in [1.165, 1.54) is 0 Å². The Morgan fingerprint density at radius 3 is 1.94 bits per heavy atom. The van der Waals surface area contributed by atoms with E-state index < -0.39 is 0 Å². The number of hydrogen-bond acceptors (Lipinski definition) is 2. The molecule has 7 rings (SSSR count). The zero-order valence-electron chi connectivity index (χ0n) is 17.5. The molecule has 5 aromatic carbocycles. The molecule has 0 aliphatic rings. The zero-order valence-corrected chi connectivity index (χ0v) is 18.3. The van der Waals surface area contributed by atoms with Gasteiger partial charge in [0.25, 0.3) is 0 Å². The number of benzene rings is 5. The van der Waals surface area contributed by atoms with E-state index >= 15 is 0 Å². The second kappa shape index (κ2) is 6.99. The van der Waals surface area contributed by atoms with Crippen LogP contribution in [-0.4, -0.2) is 0 Å². The quantitative estimate of drug-likeness (QED) is 0.265. The van der Waals surface area contributed by atoms with Crippen LogP contribution in [0.1, 0.15) is 0 Å². The van der Waals surface area contributed by atoms with Gasteiger partial charge in [0, 0.05) is 27.1 Å². The molecule has 2 nitrogen and oxygen atoms in total. The standard InChI is InChI=1S/C30H17ClO2/c31-24-16-15-21(30-29(24)23-10-2-4-13-26(23)33-30)19-8-5-7-18(17-19)20-11-6-14-27-28(20)22-9-1-3-12-25(22)32-27/h1-17H. The fourth-order valence-electron chi connectivity index (χ4n) is 4.88. The lowest BCUT2D eigenvalue weighted by atomic mass is 9.95. The fraction of sp³-hybridized carbons (Fsp3) is 0. The molecular weight excluding hydrogens is 428 g/mol. The Morgan fingerprint density at radius 2 is 1.12 bits per heavy atom. The van der Waals surface area contributed by atoms with Crippen molar-refractivity contribution in [3.05, 3.63) is 108 Å². The zero-order chi connectivity index (χ0) is 21.9. The van der Waals surface area contributed by atoms with Gasteiger partial charge in [-0.2, -0.15) is 0 Å². The summed E-state index contributed by atoms with van der Waals surface area (Å²) in [5.74, 6) is 0. The number of fused-ring (bicyclic) bond motifs is 6. The fourth-order valence-corrected chi connectivity index (χ4v) is 5.14. The van der Waals surface area contributed by atoms with Gasteiger partial charge in [-0.25, -0.2) is 0 Å². The lowest BCUT2D eigenvalue weighted by Crippen LogP contribution is -1.84. The number of halogens is 1. The maximum absolute atomic E-state index is 6.60. The van der Waals surface area contributed by atoms with Crippen LogP contribution in [-0.2, 0) is 0 Å². The summed E-state index contributed by atoms with van der Waals surface area (Å²) in [5.41, 5.74) is 7.83. The van der Waals surface area contributed by atoms with Crippen molar-refractivity contribution in [2.45, 2.75) is 0 Å². The average molecular weight is 445 g/mol. The largest absolute Gasteiger partial charge is 0.456 e. The molecule has 3 heteroatoms. The Balaban J connectivity index is 1.48. The van der Waals surface area contributed by atoms with Crippen LogP contribution in [0.2, 0.25) is 5.02 Å². The molecule has 0 fully saturated rings. The molecule has 0 atom stereocenters. The second-order valence-electron chi connectivity index (χ2n) is 8.26. The van der Waals surface area contributed by atoms with E-state index in [4.69, 9.17) is 20.4 Å². The van der Waals surface area contributed by atoms with Crippen molar-refractivity contribution in [3.8, 4) is 22.3 Å². The topological polar surface area (TPSA) is 26.3 Å². The second-order valence-corrected chi connectivity index (χ2v) is 8.66. The van der Waals surface area contributed by atoms with E-state index in [0.29, 0.717) is 5.02 Å². The highest BCUT2D eigenvalue weighted by molar-refractivity contribution is 6.38. The molecule has 156 valence electrons. The average Bonchev–Trinajstić information content (AvgIpc) is 3.43. The molecule has 0 saturated heterocycles.